The standard InChI is InChI=1S/C25H23FN4O2/c1-16-12-23(30(29-16)20-9-5-6-17(13-20)15-27)25(32)28-22-14-19(10-11-21(22)26)24(31)18-7-3-2-4-8-18/h2-14,24,31H,15,27H2,1H3,(H,28,32). The summed E-state index contributed by atoms with van der Waals surface area (Å²) in [4.78, 5) is 13.1. The summed E-state index contributed by atoms with van der Waals surface area (Å²) in [7, 11) is 0. The molecular weight excluding hydrogens is 407 g/mol. The minimum Gasteiger partial charge on any atom is -0.384 e. The maximum absolute atomic E-state index is 14.5. The number of carbonyl (C=O) groups excluding carboxylic acids is 1. The third-order valence-corrected chi connectivity index (χ3v) is 5.12. The van der Waals surface area contributed by atoms with Crippen LogP contribution in [-0.2, 0) is 6.54 Å². The lowest BCUT2D eigenvalue weighted by Gasteiger charge is -2.14. The highest BCUT2D eigenvalue weighted by Crippen LogP contribution is 2.26. The van der Waals surface area contributed by atoms with E-state index in [0.29, 0.717) is 29.1 Å². The Morgan fingerprint density at radius 2 is 1.84 bits per heavy atom. The average molecular weight is 430 g/mol. The molecule has 6 nitrogen and oxygen atoms in total. The van der Waals surface area contributed by atoms with E-state index in [1.165, 1.54) is 22.9 Å². The summed E-state index contributed by atoms with van der Waals surface area (Å²) < 4.78 is 16.0. The van der Waals surface area contributed by atoms with E-state index in [-0.39, 0.29) is 11.4 Å². The predicted molar refractivity (Wildman–Crippen MR) is 121 cm³/mol. The number of nitrogens with one attached hydrogen (secondary N) is 1. The molecule has 0 bridgehead atoms. The Kier molecular flexibility index (Phi) is 6.11. The maximum atomic E-state index is 14.5. The van der Waals surface area contributed by atoms with Crippen molar-refractivity contribution in [1.29, 1.82) is 0 Å². The number of amides is 1. The van der Waals surface area contributed by atoms with Gasteiger partial charge in [0.05, 0.1) is 17.1 Å². The van der Waals surface area contributed by atoms with Gasteiger partial charge in [-0.15, -0.1) is 0 Å². The van der Waals surface area contributed by atoms with Gasteiger partial charge in [0, 0.05) is 6.54 Å². The fourth-order valence-corrected chi connectivity index (χ4v) is 3.50. The fraction of sp³-hybridized carbons (Fsp3) is 0.120. The number of aliphatic hydroxyl groups is 1. The van der Waals surface area contributed by atoms with Crippen LogP contribution in [0.2, 0.25) is 0 Å². The second-order valence-corrected chi connectivity index (χ2v) is 7.46. The van der Waals surface area contributed by atoms with Crippen LogP contribution in [0.15, 0.2) is 78.9 Å². The molecule has 0 fully saturated rings. The van der Waals surface area contributed by atoms with Gasteiger partial charge in [0.25, 0.3) is 5.91 Å². The summed E-state index contributed by atoms with van der Waals surface area (Å²) >= 11 is 0. The summed E-state index contributed by atoms with van der Waals surface area (Å²) in [6.45, 7) is 2.13. The van der Waals surface area contributed by atoms with Gasteiger partial charge in [0.2, 0.25) is 0 Å². The van der Waals surface area contributed by atoms with Crippen molar-refractivity contribution in [3.63, 3.8) is 0 Å². The van der Waals surface area contributed by atoms with Gasteiger partial charge in [0.15, 0.2) is 0 Å². The Morgan fingerprint density at radius 3 is 2.59 bits per heavy atom. The first-order valence-electron chi connectivity index (χ1n) is 10.2. The lowest BCUT2D eigenvalue weighted by Crippen LogP contribution is -2.18. The van der Waals surface area contributed by atoms with Crippen LogP contribution < -0.4 is 11.1 Å². The van der Waals surface area contributed by atoms with E-state index in [9.17, 15) is 14.3 Å². The fourth-order valence-electron chi connectivity index (χ4n) is 3.50. The second kappa shape index (κ2) is 9.13. The summed E-state index contributed by atoms with van der Waals surface area (Å²) in [5.74, 6) is -1.12. The van der Waals surface area contributed by atoms with Crippen LogP contribution in [0, 0.1) is 12.7 Å². The Labute approximate surface area is 185 Å². The van der Waals surface area contributed by atoms with Crippen molar-refractivity contribution < 1.29 is 14.3 Å². The van der Waals surface area contributed by atoms with Crippen LogP contribution in [0.4, 0.5) is 10.1 Å². The van der Waals surface area contributed by atoms with Crippen LogP contribution in [0.5, 0.6) is 0 Å². The van der Waals surface area contributed by atoms with Gasteiger partial charge in [0.1, 0.15) is 17.6 Å². The molecule has 1 heterocycles. The molecule has 0 saturated heterocycles. The van der Waals surface area contributed by atoms with Crippen LogP contribution in [-0.4, -0.2) is 20.8 Å². The van der Waals surface area contributed by atoms with Crippen molar-refractivity contribution >= 4 is 11.6 Å². The number of benzene rings is 3. The van der Waals surface area contributed by atoms with Crippen molar-refractivity contribution in [3.8, 4) is 5.69 Å². The highest BCUT2D eigenvalue weighted by molar-refractivity contribution is 6.03. The van der Waals surface area contributed by atoms with Gasteiger partial charge in [-0.1, -0.05) is 48.5 Å². The third kappa shape index (κ3) is 4.44. The first-order valence-corrected chi connectivity index (χ1v) is 10.2. The molecule has 32 heavy (non-hydrogen) atoms. The Hall–Kier alpha value is -3.81. The maximum Gasteiger partial charge on any atom is 0.274 e. The topological polar surface area (TPSA) is 93.2 Å². The lowest BCUT2D eigenvalue weighted by atomic mass is 10.0. The molecule has 162 valence electrons. The normalized spacial score (nSPS) is 11.9. The smallest absolute Gasteiger partial charge is 0.274 e. The highest BCUT2D eigenvalue weighted by atomic mass is 19.1. The number of nitrogens with two attached hydrogens (primary N) is 1. The molecule has 1 unspecified atom stereocenters. The second-order valence-electron chi connectivity index (χ2n) is 7.46. The Balaban J connectivity index is 1.64. The SMILES string of the molecule is Cc1cc(C(=O)Nc2cc(C(O)c3ccccc3)ccc2F)n(-c2cccc(CN)c2)n1. The number of anilines is 1. The summed E-state index contributed by atoms with van der Waals surface area (Å²) in [5, 5.41) is 17.7. The summed E-state index contributed by atoms with van der Waals surface area (Å²) in [5.41, 5.74) is 9.32. The van der Waals surface area contributed by atoms with E-state index < -0.39 is 17.8 Å². The predicted octanol–water partition coefficient (Wildman–Crippen LogP) is 4.11. The van der Waals surface area contributed by atoms with E-state index >= 15 is 0 Å². The molecule has 4 aromatic rings. The molecule has 0 aliphatic rings. The quantitative estimate of drug-likeness (QED) is 0.429. The third-order valence-electron chi connectivity index (χ3n) is 5.12. The van der Waals surface area contributed by atoms with Gasteiger partial charge < -0.3 is 16.2 Å². The van der Waals surface area contributed by atoms with Gasteiger partial charge in [-0.2, -0.15) is 5.10 Å². The van der Waals surface area contributed by atoms with Gasteiger partial charge in [-0.05, 0) is 53.9 Å². The summed E-state index contributed by atoms with van der Waals surface area (Å²) in [6, 6.07) is 22.2. The van der Waals surface area contributed by atoms with Gasteiger partial charge in [-0.3, -0.25) is 4.79 Å². The van der Waals surface area contributed by atoms with Crippen LogP contribution in [0.1, 0.15) is 39.0 Å². The number of rotatable bonds is 6. The van der Waals surface area contributed by atoms with Gasteiger partial charge >= 0.3 is 0 Å². The van der Waals surface area contributed by atoms with E-state index in [1.54, 1.807) is 25.1 Å². The first kappa shape index (κ1) is 21.4. The Morgan fingerprint density at radius 1 is 1.06 bits per heavy atom. The van der Waals surface area contributed by atoms with Crippen molar-refractivity contribution in [1.82, 2.24) is 9.78 Å². The minimum absolute atomic E-state index is 0.0245. The molecule has 0 radical (unpaired) electrons. The number of nitrogens with zero attached hydrogens (tertiary/aromatic N) is 2. The van der Waals surface area contributed by atoms with E-state index in [0.717, 1.165) is 5.56 Å². The molecule has 0 aliphatic carbocycles. The lowest BCUT2D eigenvalue weighted by molar-refractivity contribution is 0.101. The molecule has 0 aliphatic heterocycles. The molecule has 0 spiro atoms. The zero-order valence-corrected chi connectivity index (χ0v) is 17.5. The molecule has 1 atom stereocenters. The number of hydrogen-bond acceptors (Lipinski definition) is 4. The molecule has 4 N–H and O–H groups in total. The summed E-state index contributed by atoms with van der Waals surface area (Å²) in [6.07, 6.45) is -0.945. The molecule has 4 rings (SSSR count). The van der Waals surface area contributed by atoms with Crippen molar-refractivity contribution in [3.05, 3.63) is 113 Å². The number of carbonyl (C=O) groups is 1. The van der Waals surface area contributed by atoms with Crippen molar-refractivity contribution in [2.45, 2.75) is 19.6 Å². The average Bonchev–Trinajstić information content (AvgIpc) is 3.22. The number of aliphatic hydroxyl groups excluding tert-OH is 1. The largest absolute Gasteiger partial charge is 0.384 e. The molecule has 3 aromatic carbocycles. The number of aromatic nitrogens is 2. The molecule has 0 saturated carbocycles. The zero-order valence-electron chi connectivity index (χ0n) is 17.5. The number of halogens is 1. The molecular formula is C25H23FN4O2. The van der Waals surface area contributed by atoms with Crippen molar-refractivity contribution in [2.75, 3.05) is 5.32 Å². The number of hydrogen-bond donors (Lipinski definition) is 3. The monoisotopic (exact) mass is 430 g/mol. The minimum atomic E-state index is -0.945. The van der Waals surface area contributed by atoms with E-state index in [1.807, 2.05) is 42.5 Å². The van der Waals surface area contributed by atoms with Crippen LogP contribution in [0.25, 0.3) is 5.69 Å². The zero-order chi connectivity index (χ0) is 22.7. The van der Waals surface area contributed by atoms with Crippen molar-refractivity contribution in [2.24, 2.45) is 5.73 Å². The van der Waals surface area contributed by atoms with E-state index in [4.69, 9.17) is 5.73 Å². The number of aryl methyl sites for hydroxylation is 1. The van der Waals surface area contributed by atoms with E-state index in [2.05, 4.69) is 10.4 Å². The Bertz CT molecular complexity index is 1250. The van der Waals surface area contributed by atoms with Gasteiger partial charge in [-0.25, -0.2) is 9.07 Å². The van der Waals surface area contributed by atoms with Crippen LogP contribution in [0.3, 0.4) is 0 Å². The molecule has 7 heteroatoms. The molecule has 1 amide bonds. The van der Waals surface area contributed by atoms with Crippen LogP contribution >= 0.6 is 0 Å². The molecule has 1 aromatic heterocycles. The highest BCUT2D eigenvalue weighted by Gasteiger charge is 2.19. The first-order chi connectivity index (χ1) is 15.5.